The molecule has 1 atom stereocenters. The van der Waals surface area contributed by atoms with Gasteiger partial charge < -0.3 is 24.6 Å². The molecule has 338 valence electrons. The Labute approximate surface area is 362 Å². The number of benzene rings is 2. The van der Waals surface area contributed by atoms with Gasteiger partial charge >= 0.3 is 12.3 Å². The Hall–Kier alpha value is -4.69. The summed E-state index contributed by atoms with van der Waals surface area (Å²) in [4.78, 5) is 50.4. The number of alkyl halides is 3. The number of hydrogen-bond acceptors (Lipinski definition) is 9. The summed E-state index contributed by atoms with van der Waals surface area (Å²) in [7, 11) is 1.61. The minimum Gasteiger partial charge on any atom is -0.496 e. The number of aryl methyl sites for hydroxylation is 1. The normalized spacial score (nSPS) is 22.1. The van der Waals surface area contributed by atoms with Crippen LogP contribution in [-0.2, 0) is 15.7 Å². The first-order valence-corrected chi connectivity index (χ1v) is 22.6. The molecule has 2 aromatic carbocycles. The second kappa shape index (κ2) is 18.2. The van der Waals surface area contributed by atoms with Gasteiger partial charge in [-0.3, -0.25) is 14.9 Å². The Balaban J connectivity index is 0.916. The van der Waals surface area contributed by atoms with Gasteiger partial charge in [-0.25, -0.2) is 14.8 Å². The third-order valence-corrected chi connectivity index (χ3v) is 14.2. The van der Waals surface area contributed by atoms with Crippen molar-refractivity contribution in [3.8, 4) is 5.75 Å². The number of fused-ring (bicyclic) bond motifs is 1. The lowest BCUT2D eigenvalue weighted by Gasteiger charge is -2.46. The van der Waals surface area contributed by atoms with Crippen molar-refractivity contribution < 1.29 is 37.2 Å². The minimum atomic E-state index is -4.75. The molecule has 0 unspecified atom stereocenters. The number of piperidine rings is 2. The number of methoxy groups -OCH3 is 1. The van der Waals surface area contributed by atoms with E-state index in [1.807, 2.05) is 37.8 Å². The van der Waals surface area contributed by atoms with E-state index in [4.69, 9.17) is 9.47 Å². The smallest absolute Gasteiger partial charge is 0.416 e. The molecule has 0 bridgehead atoms. The van der Waals surface area contributed by atoms with Crippen LogP contribution in [-0.4, -0.2) is 75.6 Å². The number of hydrogen-bond donors (Lipinski definition) is 1. The molecule has 2 aliphatic heterocycles. The lowest BCUT2D eigenvalue weighted by atomic mass is 9.64. The van der Waals surface area contributed by atoms with Crippen LogP contribution >= 0.6 is 0 Å². The topological polar surface area (TPSA) is 140 Å². The zero-order valence-electron chi connectivity index (χ0n) is 37.1. The number of nitro benzene ring substituents is 1. The number of halogens is 3. The average molecular weight is 865 g/mol. The van der Waals surface area contributed by atoms with E-state index in [9.17, 15) is 32.9 Å². The molecule has 2 saturated carbocycles. The van der Waals surface area contributed by atoms with Gasteiger partial charge in [0.15, 0.2) is 0 Å². The van der Waals surface area contributed by atoms with Crippen molar-refractivity contribution in [3.05, 3.63) is 63.0 Å². The first kappa shape index (κ1) is 45.3. The molecule has 3 aromatic rings. The van der Waals surface area contributed by atoms with Crippen molar-refractivity contribution in [1.82, 2.24) is 19.8 Å². The Kier molecular flexibility index (Phi) is 13.3. The predicted molar refractivity (Wildman–Crippen MR) is 231 cm³/mol. The molecule has 1 spiro atoms. The van der Waals surface area contributed by atoms with Crippen LogP contribution in [0.15, 0.2) is 30.3 Å². The summed E-state index contributed by atoms with van der Waals surface area (Å²) in [6.07, 6.45) is 8.70. The Morgan fingerprint density at radius 2 is 1.53 bits per heavy atom. The second-order valence-electron chi connectivity index (χ2n) is 19.6. The zero-order valence-corrected chi connectivity index (χ0v) is 37.1. The number of nitro groups is 1. The first-order valence-electron chi connectivity index (χ1n) is 22.6. The van der Waals surface area contributed by atoms with E-state index in [1.54, 1.807) is 21.0 Å². The molecular formula is C47H63F3N6O6. The summed E-state index contributed by atoms with van der Waals surface area (Å²) < 4.78 is 52.5. The number of carbonyl (C=O) groups excluding carboxylic acids is 2. The van der Waals surface area contributed by atoms with E-state index in [1.165, 1.54) is 32.1 Å². The molecule has 62 heavy (non-hydrogen) atoms. The van der Waals surface area contributed by atoms with E-state index < -0.39 is 34.0 Å². The molecule has 1 aromatic heterocycles. The van der Waals surface area contributed by atoms with Crippen LogP contribution in [0.5, 0.6) is 5.75 Å². The van der Waals surface area contributed by atoms with Crippen LogP contribution in [0.3, 0.4) is 0 Å². The summed E-state index contributed by atoms with van der Waals surface area (Å²) in [5, 5.41) is 15.4. The Morgan fingerprint density at radius 1 is 0.887 bits per heavy atom. The van der Waals surface area contributed by atoms with E-state index in [-0.39, 0.29) is 29.4 Å². The number of ether oxygens (including phenoxy) is 2. The maximum atomic E-state index is 13.9. The SMILES string of the molecule is COc1cc2nc(C)nc(N[C@H](C)c3cc([N+](=O)[O-])cc(C(F)(F)F)c3)c2cc1C1CCC(C(=O)N2CCC(CC3CCC4(CC3)CCN(C(=O)OC(C)(C)C)CC4)CC2)CC1. The van der Waals surface area contributed by atoms with Gasteiger partial charge in [0, 0.05) is 55.7 Å². The summed E-state index contributed by atoms with van der Waals surface area (Å²) >= 11 is 0. The highest BCUT2D eigenvalue weighted by Crippen LogP contribution is 2.49. The van der Waals surface area contributed by atoms with Crippen molar-refractivity contribution >= 4 is 34.4 Å². The third kappa shape index (κ3) is 10.6. The van der Waals surface area contributed by atoms with E-state index in [0.29, 0.717) is 45.7 Å². The van der Waals surface area contributed by atoms with E-state index >= 15 is 0 Å². The highest BCUT2D eigenvalue weighted by atomic mass is 19.4. The first-order chi connectivity index (χ1) is 29.3. The number of anilines is 1. The number of nitrogens with zero attached hydrogens (tertiary/aromatic N) is 5. The van der Waals surface area contributed by atoms with Crippen LogP contribution < -0.4 is 10.1 Å². The van der Waals surface area contributed by atoms with Crippen molar-refractivity contribution in [1.29, 1.82) is 0 Å². The third-order valence-electron chi connectivity index (χ3n) is 14.2. The van der Waals surface area contributed by atoms with Crippen LogP contribution in [0.2, 0.25) is 0 Å². The highest BCUT2D eigenvalue weighted by molar-refractivity contribution is 5.91. The van der Waals surface area contributed by atoms with Crippen molar-refractivity contribution in [2.24, 2.45) is 23.2 Å². The van der Waals surface area contributed by atoms with Gasteiger partial charge in [-0.05, 0) is 165 Å². The predicted octanol–water partition coefficient (Wildman–Crippen LogP) is 11.2. The molecule has 2 amide bonds. The fourth-order valence-corrected chi connectivity index (χ4v) is 10.6. The largest absolute Gasteiger partial charge is 0.496 e. The molecule has 4 fully saturated rings. The molecule has 2 aliphatic carbocycles. The molecule has 3 heterocycles. The molecule has 15 heteroatoms. The summed E-state index contributed by atoms with van der Waals surface area (Å²) in [5.74, 6) is 3.28. The van der Waals surface area contributed by atoms with Crippen molar-refractivity contribution in [2.75, 3.05) is 38.6 Å². The van der Waals surface area contributed by atoms with Gasteiger partial charge in [-0.1, -0.05) is 0 Å². The molecule has 7 rings (SSSR count). The fourth-order valence-electron chi connectivity index (χ4n) is 10.6. The van der Waals surface area contributed by atoms with Gasteiger partial charge in [0.1, 0.15) is 23.0 Å². The van der Waals surface area contributed by atoms with Gasteiger partial charge in [0.25, 0.3) is 5.69 Å². The van der Waals surface area contributed by atoms with Gasteiger partial charge in [0.2, 0.25) is 5.91 Å². The molecule has 0 radical (unpaired) electrons. The number of carbonyl (C=O) groups is 2. The number of aromatic nitrogens is 2. The monoisotopic (exact) mass is 864 g/mol. The van der Waals surface area contributed by atoms with Crippen LogP contribution in [0, 0.1) is 40.2 Å². The lowest BCUT2D eigenvalue weighted by Crippen LogP contribution is -2.46. The standard InChI is InChI=1S/C47H63F3N6O6/c1-29(35-24-36(47(48,49)50)26-37(25-35)56(59)60)51-42-39-27-38(41(61-6)28-40(39)52-30(2)53-42)33-7-9-34(10-8-33)43(57)54-19-13-32(14-20-54)23-31-11-15-46(16-12-31)17-21-55(22-18-46)44(58)62-45(3,4)5/h24-29,31-34H,7-23H2,1-6H3,(H,51,52,53)/t29-,33?,34?/m1/s1. The molecular weight excluding hydrogens is 802 g/mol. The van der Waals surface area contributed by atoms with Gasteiger partial charge in [-0.2, -0.15) is 13.2 Å². The molecule has 12 nitrogen and oxygen atoms in total. The van der Waals surface area contributed by atoms with Gasteiger partial charge in [-0.15, -0.1) is 0 Å². The summed E-state index contributed by atoms with van der Waals surface area (Å²) in [6, 6.07) is 5.69. The Bertz CT molecular complexity index is 2110. The highest BCUT2D eigenvalue weighted by Gasteiger charge is 2.41. The average Bonchev–Trinajstić information content (AvgIpc) is 3.23. The molecule has 2 saturated heterocycles. The van der Waals surface area contributed by atoms with Crippen molar-refractivity contribution in [3.63, 3.8) is 0 Å². The number of nitrogens with one attached hydrogen (secondary N) is 1. The number of likely N-dealkylation sites (tertiary alicyclic amines) is 2. The molecule has 4 aliphatic rings. The zero-order chi connectivity index (χ0) is 44.6. The molecule has 1 N–H and O–H groups in total. The Morgan fingerprint density at radius 3 is 2.13 bits per heavy atom. The lowest BCUT2D eigenvalue weighted by molar-refractivity contribution is -0.385. The van der Waals surface area contributed by atoms with Crippen LogP contribution in [0.25, 0.3) is 10.9 Å². The maximum absolute atomic E-state index is 13.9. The second-order valence-corrected chi connectivity index (χ2v) is 19.6. The van der Waals surface area contributed by atoms with E-state index in [0.717, 1.165) is 101 Å². The number of rotatable bonds is 9. The van der Waals surface area contributed by atoms with Gasteiger partial charge in [0.05, 0.1) is 29.2 Å². The summed E-state index contributed by atoms with van der Waals surface area (Å²) in [5.41, 5.74) is -0.181. The quantitative estimate of drug-likeness (QED) is 0.164. The number of amides is 2. The maximum Gasteiger partial charge on any atom is 0.416 e. The van der Waals surface area contributed by atoms with E-state index in [2.05, 4.69) is 20.2 Å². The van der Waals surface area contributed by atoms with Crippen LogP contribution in [0.1, 0.15) is 146 Å². The van der Waals surface area contributed by atoms with Crippen molar-refractivity contribution in [2.45, 2.75) is 142 Å². The summed E-state index contributed by atoms with van der Waals surface area (Å²) in [6.45, 7) is 12.3. The van der Waals surface area contributed by atoms with Crippen LogP contribution in [0.4, 0.5) is 29.5 Å². The number of non-ortho nitro benzene ring substituents is 1. The minimum absolute atomic E-state index is 0.0221. The fraction of sp³-hybridized carbons (Fsp3) is 0.660.